The average Bonchev–Trinajstić information content (AvgIpc) is 3.03. The Balaban J connectivity index is 1.64. The molecule has 1 aliphatic rings. The largest absolute Gasteiger partial charge is 0.497 e. The Morgan fingerprint density at radius 2 is 2.17 bits per heavy atom. The van der Waals surface area contributed by atoms with Crippen LogP contribution in [0.25, 0.3) is 10.9 Å². The lowest BCUT2D eigenvalue weighted by Crippen LogP contribution is -2.40. The summed E-state index contributed by atoms with van der Waals surface area (Å²) in [5.41, 5.74) is 1.69. The minimum Gasteiger partial charge on any atom is -0.497 e. The second-order valence-corrected chi connectivity index (χ2v) is 5.59. The van der Waals surface area contributed by atoms with Crippen molar-refractivity contribution in [2.75, 3.05) is 25.2 Å². The number of hydrogen-bond acceptors (Lipinski definition) is 4. The molecular formula is C18H17N3O3. The Bertz CT molecular complexity index is 903. The summed E-state index contributed by atoms with van der Waals surface area (Å²) in [5, 5.41) is 5.36. The maximum Gasteiger partial charge on any atom is 0.248 e. The molecule has 0 unspecified atom stereocenters. The number of anilines is 1. The lowest BCUT2D eigenvalue weighted by Gasteiger charge is -2.29. The van der Waals surface area contributed by atoms with Gasteiger partial charge in [0.25, 0.3) is 0 Å². The third-order valence-electron chi connectivity index (χ3n) is 4.17. The van der Waals surface area contributed by atoms with E-state index < -0.39 is 0 Å². The van der Waals surface area contributed by atoms with Crippen LogP contribution in [0.1, 0.15) is 0 Å². The van der Waals surface area contributed by atoms with Gasteiger partial charge in [-0.15, -0.1) is 0 Å². The summed E-state index contributed by atoms with van der Waals surface area (Å²) in [4.78, 5) is 14.6. The van der Waals surface area contributed by atoms with Crippen LogP contribution in [0.2, 0.25) is 0 Å². The van der Waals surface area contributed by atoms with Gasteiger partial charge in [0.05, 0.1) is 31.1 Å². The first-order valence-corrected chi connectivity index (χ1v) is 7.78. The highest BCUT2D eigenvalue weighted by Gasteiger charge is 2.25. The minimum atomic E-state index is -0.0262. The van der Waals surface area contributed by atoms with E-state index in [-0.39, 0.29) is 12.5 Å². The Morgan fingerprint density at radius 1 is 1.29 bits per heavy atom. The van der Waals surface area contributed by atoms with Gasteiger partial charge in [0.2, 0.25) is 5.91 Å². The van der Waals surface area contributed by atoms with Crippen LogP contribution in [-0.2, 0) is 11.3 Å². The van der Waals surface area contributed by atoms with Crippen molar-refractivity contribution in [2.24, 2.45) is 0 Å². The number of nitrogens with zero attached hydrogens (tertiary/aromatic N) is 3. The van der Waals surface area contributed by atoms with Crippen molar-refractivity contribution in [3.63, 3.8) is 0 Å². The molecule has 0 saturated carbocycles. The first-order chi connectivity index (χ1) is 11.8. The van der Waals surface area contributed by atoms with E-state index in [4.69, 9.17) is 9.47 Å². The summed E-state index contributed by atoms with van der Waals surface area (Å²) in [7, 11) is 1.60. The van der Waals surface area contributed by atoms with Crippen LogP contribution in [0.5, 0.6) is 11.5 Å². The first kappa shape index (κ1) is 14.6. The van der Waals surface area contributed by atoms with Crippen molar-refractivity contribution in [2.45, 2.75) is 6.54 Å². The molecule has 1 aliphatic heterocycles. The van der Waals surface area contributed by atoms with Gasteiger partial charge < -0.3 is 14.4 Å². The predicted octanol–water partition coefficient (Wildman–Crippen LogP) is 2.47. The van der Waals surface area contributed by atoms with Crippen LogP contribution in [0.3, 0.4) is 0 Å². The van der Waals surface area contributed by atoms with Gasteiger partial charge in [0, 0.05) is 11.5 Å². The van der Waals surface area contributed by atoms with Crippen molar-refractivity contribution >= 4 is 22.5 Å². The summed E-state index contributed by atoms with van der Waals surface area (Å²) in [6.07, 6.45) is 1.78. The minimum absolute atomic E-state index is 0.0262. The van der Waals surface area contributed by atoms with Crippen molar-refractivity contribution in [3.8, 4) is 11.5 Å². The second kappa shape index (κ2) is 5.88. The van der Waals surface area contributed by atoms with Gasteiger partial charge in [-0.3, -0.25) is 9.48 Å². The number of carbonyl (C=O) groups is 1. The fourth-order valence-corrected chi connectivity index (χ4v) is 2.95. The van der Waals surface area contributed by atoms with Crippen molar-refractivity contribution in [1.29, 1.82) is 0 Å². The molecule has 0 N–H and O–H groups in total. The quantitative estimate of drug-likeness (QED) is 0.743. The Kier molecular flexibility index (Phi) is 3.57. The highest BCUT2D eigenvalue weighted by atomic mass is 16.5. The maximum absolute atomic E-state index is 12.8. The summed E-state index contributed by atoms with van der Waals surface area (Å²) < 4.78 is 12.6. The zero-order chi connectivity index (χ0) is 16.5. The summed E-state index contributed by atoms with van der Waals surface area (Å²) in [6, 6.07) is 13.3. The molecule has 122 valence electrons. The predicted molar refractivity (Wildman–Crippen MR) is 90.6 cm³/mol. The lowest BCUT2D eigenvalue weighted by molar-refractivity contribution is -0.119. The number of carbonyl (C=O) groups excluding carboxylic acids is 1. The number of para-hydroxylation sites is 1. The van der Waals surface area contributed by atoms with Gasteiger partial charge >= 0.3 is 0 Å². The fraction of sp³-hybridized carbons (Fsp3) is 0.222. The maximum atomic E-state index is 12.8. The molecule has 0 saturated heterocycles. The Morgan fingerprint density at radius 3 is 3.04 bits per heavy atom. The monoisotopic (exact) mass is 323 g/mol. The van der Waals surface area contributed by atoms with Gasteiger partial charge in [-0.05, 0) is 18.2 Å². The van der Waals surface area contributed by atoms with Crippen LogP contribution in [0.15, 0.2) is 48.7 Å². The summed E-state index contributed by atoms with van der Waals surface area (Å²) in [5.74, 6) is 1.36. The van der Waals surface area contributed by atoms with Crippen LogP contribution in [0, 0.1) is 0 Å². The first-order valence-electron chi connectivity index (χ1n) is 7.78. The lowest BCUT2D eigenvalue weighted by atomic mass is 10.2. The van der Waals surface area contributed by atoms with Crippen LogP contribution < -0.4 is 14.4 Å². The van der Waals surface area contributed by atoms with Gasteiger partial charge in [-0.1, -0.05) is 18.2 Å². The third-order valence-corrected chi connectivity index (χ3v) is 4.17. The van der Waals surface area contributed by atoms with E-state index >= 15 is 0 Å². The number of benzene rings is 2. The van der Waals surface area contributed by atoms with Gasteiger partial charge in [-0.25, -0.2) is 0 Å². The number of amides is 1. The molecular weight excluding hydrogens is 306 g/mol. The normalized spacial score (nSPS) is 13.5. The molecule has 1 aromatic heterocycles. The van der Waals surface area contributed by atoms with Gasteiger partial charge in [0.1, 0.15) is 24.7 Å². The Hall–Kier alpha value is -3.02. The molecule has 4 rings (SSSR count). The molecule has 0 aliphatic carbocycles. The van der Waals surface area contributed by atoms with E-state index in [0.717, 1.165) is 16.6 Å². The molecule has 2 heterocycles. The van der Waals surface area contributed by atoms with E-state index in [2.05, 4.69) is 5.10 Å². The molecule has 6 heteroatoms. The number of aromatic nitrogens is 2. The average molecular weight is 323 g/mol. The molecule has 24 heavy (non-hydrogen) atoms. The highest BCUT2D eigenvalue weighted by molar-refractivity contribution is 5.96. The summed E-state index contributed by atoms with van der Waals surface area (Å²) in [6.45, 7) is 1.17. The molecule has 6 nitrogen and oxygen atoms in total. The van der Waals surface area contributed by atoms with Gasteiger partial charge in [-0.2, -0.15) is 5.10 Å². The van der Waals surface area contributed by atoms with Crippen LogP contribution in [-0.4, -0.2) is 35.9 Å². The summed E-state index contributed by atoms with van der Waals surface area (Å²) >= 11 is 0. The topological polar surface area (TPSA) is 56.6 Å². The molecule has 3 aromatic rings. The van der Waals surface area contributed by atoms with Crippen molar-refractivity contribution in [1.82, 2.24) is 9.78 Å². The molecule has 1 amide bonds. The number of rotatable bonds is 3. The molecule has 0 fully saturated rings. The van der Waals surface area contributed by atoms with E-state index in [9.17, 15) is 4.79 Å². The number of ether oxygens (including phenoxy) is 2. The standard InChI is InChI=1S/C18H17N3O3/c1-23-14-6-7-17-16(10-14)20(8-9-24-17)18(22)12-21-15-5-3-2-4-13(15)11-19-21/h2-7,10-11H,8-9,12H2,1H3. The van der Waals surface area contributed by atoms with Crippen molar-refractivity contribution < 1.29 is 14.3 Å². The van der Waals surface area contributed by atoms with E-state index in [1.54, 1.807) is 22.9 Å². The van der Waals surface area contributed by atoms with Crippen LogP contribution >= 0.6 is 0 Å². The van der Waals surface area contributed by atoms with E-state index in [1.807, 2.05) is 42.5 Å². The molecule has 2 aromatic carbocycles. The second-order valence-electron chi connectivity index (χ2n) is 5.59. The number of methoxy groups -OCH3 is 1. The molecule has 0 radical (unpaired) electrons. The zero-order valence-corrected chi connectivity index (χ0v) is 13.3. The molecule has 0 spiro atoms. The number of hydrogen-bond donors (Lipinski definition) is 0. The highest BCUT2D eigenvalue weighted by Crippen LogP contribution is 2.35. The third kappa shape index (κ3) is 2.46. The van der Waals surface area contributed by atoms with Crippen LogP contribution in [0.4, 0.5) is 5.69 Å². The van der Waals surface area contributed by atoms with Gasteiger partial charge in [0.15, 0.2) is 0 Å². The Labute approximate surface area is 139 Å². The molecule has 0 atom stereocenters. The molecule has 0 bridgehead atoms. The fourth-order valence-electron chi connectivity index (χ4n) is 2.95. The van der Waals surface area contributed by atoms with Crippen molar-refractivity contribution in [3.05, 3.63) is 48.7 Å². The van der Waals surface area contributed by atoms with E-state index in [1.165, 1.54) is 0 Å². The van der Waals surface area contributed by atoms with E-state index in [0.29, 0.717) is 24.7 Å². The number of fused-ring (bicyclic) bond motifs is 2. The zero-order valence-electron chi connectivity index (χ0n) is 13.3. The SMILES string of the molecule is COc1ccc2c(c1)N(C(=O)Cn1ncc3ccccc31)CCO2. The smallest absolute Gasteiger partial charge is 0.248 e.